The molecule has 0 spiro atoms. The second-order valence-corrected chi connectivity index (χ2v) is 7.17. The molecule has 4 nitrogen and oxygen atoms in total. The van der Waals surface area contributed by atoms with Crippen LogP contribution in [0.5, 0.6) is 0 Å². The number of rotatable bonds is 6. The zero-order valence-corrected chi connectivity index (χ0v) is 13.3. The van der Waals surface area contributed by atoms with Crippen molar-refractivity contribution in [1.82, 2.24) is 9.62 Å². The van der Waals surface area contributed by atoms with Crippen molar-refractivity contribution in [3.63, 3.8) is 0 Å². The van der Waals surface area contributed by atoms with Crippen LogP contribution in [0.15, 0.2) is 0 Å². The van der Waals surface area contributed by atoms with Gasteiger partial charge in [-0.3, -0.25) is 0 Å². The molecule has 2 atom stereocenters. The fourth-order valence-corrected chi connectivity index (χ4v) is 4.38. The van der Waals surface area contributed by atoms with Gasteiger partial charge in [0.05, 0.1) is 5.75 Å². The second-order valence-electron chi connectivity index (χ2n) is 5.16. The van der Waals surface area contributed by atoms with Crippen molar-refractivity contribution in [2.24, 2.45) is 5.92 Å². The Kier molecular flexibility index (Phi) is 8.43. The monoisotopic (exact) mass is 298 g/mol. The van der Waals surface area contributed by atoms with Gasteiger partial charge in [-0.15, -0.1) is 12.4 Å². The van der Waals surface area contributed by atoms with E-state index in [1.807, 2.05) is 14.0 Å². The summed E-state index contributed by atoms with van der Waals surface area (Å²) in [6, 6.07) is 0.319. The summed E-state index contributed by atoms with van der Waals surface area (Å²) >= 11 is 0. The molecule has 1 N–H and O–H groups in total. The SMILES string of the molecule is CCCC(C)CS(=O)(=O)N1CCCC(NC)C1.Cl. The van der Waals surface area contributed by atoms with Crippen molar-refractivity contribution >= 4 is 22.4 Å². The van der Waals surface area contributed by atoms with Crippen LogP contribution in [-0.2, 0) is 10.0 Å². The largest absolute Gasteiger partial charge is 0.316 e. The second kappa shape index (κ2) is 8.35. The van der Waals surface area contributed by atoms with Crippen LogP contribution in [0, 0.1) is 5.92 Å². The minimum Gasteiger partial charge on any atom is -0.316 e. The van der Waals surface area contributed by atoms with E-state index in [9.17, 15) is 8.42 Å². The van der Waals surface area contributed by atoms with E-state index in [0.717, 1.165) is 25.7 Å². The first-order valence-corrected chi connectivity index (χ1v) is 8.25. The maximum atomic E-state index is 12.2. The third-order valence-electron chi connectivity index (χ3n) is 3.46. The molecular formula is C12H27ClN2O2S. The molecule has 2 unspecified atom stereocenters. The summed E-state index contributed by atoms with van der Waals surface area (Å²) in [7, 11) is -1.15. The molecule has 0 aromatic carbocycles. The first-order chi connectivity index (χ1) is 7.99. The highest BCUT2D eigenvalue weighted by Gasteiger charge is 2.29. The number of hydrogen-bond acceptors (Lipinski definition) is 3. The molecule has 1 fully saturated rings. The van der Waals surface area contributed by atoms with Crippen LogP contribution in [0.3, 0.4) is 0 Å². The van der Waals surface area contributed by atoms with E-state index in [-0.39, 0.29) is 18.3 Å². The summed E-state index contributed by atoms with van der Waals surface area (Å²) in [5, 5.41) is 3.18. The molecule has 0 radical (unpaired) electrons. The number of nitrogens with one attached hydrogen (secondary N) is 1. The maximum absolute atomic E-state index is 12.2. The maximum Gasteiger partial charge on any atom is 0.214 e. The first kappa shape index (κ1) is 18.2. The highest BCUT2D eigenvalue weighted by atomic mass is 35.5. The van der Waals surface area contributed by atoms with Crippen LogP contribution >= 0.6 is 12.4 Å². The van der Waals surface area contributed by atoms with Crippen LogP contribution in [0.1, 0.15) is 39.5 Å². The van der Waals surface area contributed by atoms with E-state index in [0.29, 0.717) is 24.9 Å². The molecule has 1 rings (SSSR count). The van der Waals surface area contributed by atoms with Gasteiger partial charge < -0.3 is 5.32 Å². The number of likely N-dealkylation sites (N-methyl/N-ethyl adjacent to an activating group) is 1. The fraction of sp³-hybridized carbons (Fsp3) is 1.00. The fourth-order valence-electron chi connectivity index (χ4n) is 2.47. The average molecular weight is 299 g/mol. The van der Waals surface area contributed by atoms with E-state index in [1.165, 1.54) is 0 Å². The van der Waals surface area contributed by atoms with Gasteiger partial charge >= 0.3 is 0 Å². The Morgan fingerprint density at radius 3 is 2.67 bits per heavy atom. The molecule has 0 saturated carbocycles. The molecule has 0 aromatic rings. The van der Waals surface area contributed by atoms with Crippen molar-refractivity contribution in [3.05, 3.63) is 0 Å². The molecule has 0 aliphatic carbocycles. The van der Waals surface area contributed by atoms with Crippen molar-refractivity contribution in [1.29, 1.82) is 0 Å². The van der Waals surface area contributed by atoms with E-state index in [4.69, 9.17) is 0 Å². The summed E-state index contributed by atoms with van der Waals surface area (Å²) in [5.74, 6) is 0.567. The highest BCUT2D eigenvalue weighted by molar-refractivity contribution is 7.89. The summed E-state index contributed by atoms with van der Waals surface area (Å²) < 4.78 is 26.1. The molecule has 6 heteroatoms. The lowest BCUT2D eigenvalue weighted by molar-refractivity contribution is 0.291. The molecule has 0 amide bonds. The van der Waals surface area contributed by atoms with Gasteiger partial charge in [0.2, 0.25) is 10.0 Å². The Morgan fingerprint density at radius 2 is 2.11 bits per heavy atom. The predicted molar refractivity (Wildman–Crippen MR) is 78.8 cm³/mol. The Labute approximate surface area is 118 Å². The van der Waals surface area contributed by atoms with Crippen molar-refractivity contribution in [2.45, 2.75) is 45.6 Å². The Hall–Kier alpha value is 0.160. The van der Waals surface area contributed by atoms with E-state index >= 15 is 0 Å². The topological polar surface area (TPSA) is 49.4 Å². The quantitative estimate of drug-likeness (QED) is 0.814. The lowest BCUT2D eigenvalue weighted by atomic mass is 10.1. The first-order valence-electron chi connectivity index (χ1n) is 6.64. The standard InChI is InChI=1S/C12H26N2O2S.ClH/c1-4-6-11(2)10-17(15,16)14-8-5-7-12(9-14)13-3;/h11-13H,4-10H2,1-3H3;1H. The molecular weight excluding hydrogens is 272 g/mol. The zero-order valence-electron chi connectivity index (χ0n) is 11.7. The Balaban J connectivity index is 0.00000289. The number of piperidine rings is 1. The summed E-state index contributed by atoms with van der Waals surface area (Å²) in [5.41, 5.74) is 0. The van der Waals surface area contributed by atoms with E-state index < -0.39 is 10.0 Å². The van der Waals surface area contributed by atoms with Crippen LogP contribution < -0.4 is 5.32 Å². The number of halogens is 1. The van der Waals surface area contributed by atoms with Gasteiger partial charge in [-0.05, 0) is 32.2 Å². The van der Waals surface area contributed by atoms with Gasteiger partial charge in [0, 0.05) is 19.1 Å². The van der Waals surface area contributed by atoms with Crippen LogP contribution in [0.25, 0.3) is 0 Å². The molecule has 110 valence electrons. The van der Waals surface area contributed by atoms with Gasteiger partial charge in [-0.2, -0.15) is 0 Å². The summed E-state index contributed by atoms with van der Waals surface area (Å²) in [6.45, 7) is 5.46. The molecule has 1 saturated heterocycles. The molecule has 18 heavy (non-hydrogen) atoms. The smallest absolute Gasteiger partial charge is 0.214 e. The van der Waals surface area contributed by atoms with Gasteiger partial charge in [0.15, 0.2) is 0 Å². The van der Waals surface area contributed by atoms with Gasteiger partial charge in [-0.25, -0.2) is 12.7 Å². The molecule has 0 aromatic heterocycles. The van der Waals surface area contributed by atoms with Gasteiger partial charge in [0.25, 0.3) is 0 Å². The van der Waals surface area contributed by atoms with Crippen molar-refractivity contribution in [2.75, 3.05) is 25.9 Å². The van der Waals surface area contributed by atoms with Crippen LogP contribution in [0.4, 0.5) is 0 Å². The highest BCUT2D eigenvalue weighted by Crippen LogP contribution is 2.17. The number of sulfonamides is 1. The van der Waals surface area contributed by atoms with E-state index in [2.05, 4.69) is 12.2 Å². The van der Waals surface area contributed by atoms with Crippen LogP contribution in [-0.4, -0.2) is 44.7 Å². The Bertz CT molecular complexity index is 322. The minimum atomic E-state index is -3.05. The molecule has 1 heterocycles. The molecule has 1 aliphatic rings. The molecule has 0 bridgehead atoms. The minimum absolute atomic E-state index is 0. The normalized spacial score (nSPS) is 23.4. The lowest BCUT2D eigenvalue weighted by Gasteiger charge is -2.32. The number of hydrogen-bond donors (Lipinski definition) is 1. The summed E-state index contributed by atoms with van der Waals surface area (Å²) in [6.07, 6.45) is 4.08. The lowest BCUT2D eigenvalue weighted by Crippen LogP contribution is -2.48. The van der Waals surface area contributed by atoms with Gasteiger partial charge in [0.1, 0.15) is 0 Å². The van der Waals surface area contributed by atoms with Gasteiger partial charge in [-0.1, -0.05) is 20.3 Å². The molecule has 1 aliphatic heterocycles. The summed E-state index contributed by atoms with van der Waals surface area (Å²) in [4.78, 5) is 0. The average Bonchev–Trinajstić information content (AvgIpc) is 2.28. The van der Waals surface area contributed by atoms with Crippen LogP contribution in [0.2, 0.25) is 0 Å². The third-order valence-corrected chi connectivity index (χ3v) is 5.57. The third kappa shape index (κ3) is 5.43. The number of nitrogens with zero attached hydrogens (tertiary/aromatic N) is 1. The zero-order chi connectivity index (χ0) is 12.9. The van der Waals surface area contributed by atoms with E-state index in [1.54, 1.807) is 4.31 Å². The van der Waals surface area contributed by atoms with Crippen molar-refractivity contribution < 1.29 is 8.42 Å². The Morgan fingerprint density at radius 1 is 1.44 bits per heavy atom. The van der Waals surface area contributed by atoms with Crippen molar-refractivity contribution in [3.8, 4) is 0 Å². The predicted octanol–water partition coefficient (Wildman–Crippen LogP) is 1.86.